The molecule has 4 amide bonds. The number of likely N-dealkylation sites (tertiary alicyclic amines) is 1. The molecule has 1 aliphatic rings. The lowest BCUT2D eigenvalue weighted by Crippen LogP contribution is -2.54. The van der Waals surface area contributed by atoms with Gasteiger partial charge < -0.3 is 20.7 Å². The summed E-state index contributed by atoms with van der Waals surface area (Å²) < 4.78 is 5.33. The Bertz CT molecular complexity index is 558. The van der Waals surface area contributed by atoms with Crippen LogP contribution in [0.2, 0.25) is 0 Å². The Morgan fingerprint density at radius 2 is 1.62 bits per heavy atom. The molecule has 3 atom stereocenters. The first kappa shape index (κ1) is 21.7. The fraction of sp³-hybridized carbons (Fsp3) is 0.765. The second-order valence-corrected chi connectivity index (χ2v) is 7.41. The highest BCUT2D eigenvalue weighted by molar-refractivity contribution is 5.93. The Morgan fingerprint density at radius 3 is 2.15 bits per heavy atom. The number of nitrogens with zero attached hydrogens (tertiary/aromatic N) is 1. The van der Waals surface area contributed by atoms with Crippen molar-refractivity contribution in [2.24, 2.45) is 0 Å². The lowest BCUT2D eigenvalue weighted by atomic mass is 10.2. The summed E-state index contributed by atoms with van der Waals surface area (Å²) in [5.74, 6) is -1.22. The molecular weight excluding hydrogens is 340 g/mol. The Hall–Kier alpha value is -2.32. The van der Waals surface area contributed by atoms with E-state index in [0.29, 0.717) is 19.4 Å². The average molecular weight is 370 g/mol. The van der Waals surface area contributed by atoms with Crippen LogP contribution in [0.15, 0.2) is 0 Å². The van der Waals surface area contributed by atoms with E-state index in [0.717, 1.165) is 0 Å². The second kappa shape index (κ2) is 8.86. The first-order chi connectivity index (χ1) is 12.0. The first-order valence-electron chi connectivity index (χ1n) is 8.78. The number of ether oxygens (including phenoxy) is 1. The first-order valence-corrected chi connectivity index (χ1v) is 8.78. The summed E-state index contributed by atoms with van der Waals surface area (Å²) in [7, 11) is 1.47. The average Bonchev–Trinajstić information content (AvgIpc) is 3.01. The van der Waals surface area contributed by atoms with Crippen molar-refractivity contribution in [3.63, 3.8) is 0 Å². The quantitative estimate of drug-likeness (QED) is 0.636. The zero-order valence-corrected chi connectivity index (χ0v) is 16.3. The van der Waals surface area contributed by atoms with Crippen molar-refractivity contribution in [2.75, 3.05) is 13.6 Å². The number of carbonyl (C=O) groups is 4. The highest BCUT2D eigenvalue weighted by Gasteiger charge is 2.37. The van der Waals surface area contributed by atoms with E-state index in [4.69, 9.17) is 4.74 Å². The molecule has 1 heterocycles. The van der Waals surface area contributed by atoms with Gasteiger partial charge in [0.2, 0.25) is 17.7 Å². The number of nitrogens with one attached hydrogen (secondary N) is 3. The molecule has 1 fully saturated rings. The molecule has 9 nitrogen and oxygen atoms in total. The molecule has 3 N–H and O–H groups in total. The molecule has 1 rings (SSSR count). The van der Waals surface area contributed by atoms with E-state index >= 15 is 0 Å². The van der Waals surface area contributed by atoms with Gasteiger partial charge in [0.15, 0.2) is 0 Å². The number of likely N-dealkylation sites (N-methyl/N-ethyl adjacent to an activating group) is 1. The van der Waals surface area contributed by atoms with Crippen LogP contribution in [0.5, 0.6) is 0 Å². The van der Waals surface area contributed by atoms with Gasteiger partial charge in [0.1, 0.15) is 23.7 Å². The SMILES string of the molecule is CNC(=O)C(C)NC(=O)C(C)NC(=O)C1CCCN1C(=O)OC(C)(C)C. The number of hydrogen-bond donors (Lipinski definition) is 3. The van der Waals surface area contributed by atoms with Crippen molar-refractivity contribution in [3.05, 3.63) is 0 Å². The van der Waals surface area contributed by atoms with Crippen LogP contribution in [0.1, 0.15) is 47.5 Å². The third-order valence-corrected chi connectivity index (χ3v) is 3.93. The van der Waals surface area contributed by atoms with E-state index < -0.39 is 41.6 Å². The van der Waals surface area contributed by atoms with E-state index in [1.165, 1.54) is 18.9 Å². The molecule has 26 heavy (non-hydrogen) atoms. The number of carbonyl (C=O) groups excluding carboxylic acids is 4. The predicted molar refractivity (Wildman–Crippen MR) is 95.2 cm³/mol. The molecule has 0 aromatic carbocycles. The van der Waals surface area contributed by atoms with Crippen LogP contribution in [-0.4, -0.2) is 66.0 Å². The molecule has 1 saturated heterocycles. The summed E-state index contributed by atoms with van der Waals surface area (Å²) >= 11 is 0. The van der Waals surface area contributed by atoms with E-state index in [1.807, 2.05) is 0 Å². The normalized spacial score (nSPS) is 19.3. The number of hydrogen-bond acceptors (Lipinski definition) is 5. The smallest absolute Gasteiger partial charge is 0.410 e. The van der Waals surface area contributed by atoms with Crippen molar-refractivity contribution in [1.29, 1.82) is 0 Å². The second-order valence-electron chi connectivity index (χ2n) is 7.41. The predicted octanol–water partition coefficient (Wildman–Crippen LogP) is 0.141. The molecule has 0 aromatic rings. The van der Waals surface area contributed by atoms with Gasteiger partial charge in [-0.2, -0.15) is 0 Å². The standard InChI is InChI=1S/C17H30N4O5/c1-10(13(22)18-6)19-14(23)11(2)20-15(24)12-8-7-9-21(12)16(25)26-17(3,4)5/h10-12H,7-9H2,1-6H3,(H,18,22)(H,19,23)(H,20,24). The van der Waals surface area contributed by atoms with Crippen LogP contribution in [0.25, 0.3) is 0 Å². The van der Waals surface area contributed by atoms with Gasteiger partial charge in [-0.25, -0.2) is 4.79 Å². The van der Waals surface area contributed by atoms with E-state index in [9.17, 15) is 19.2 Å². The third-order valence-electron chi connectivity index (χ3n) is 3.93. The molecule has 3 unspecified atom stereocenters. The van der Waals surface area contributed by atoms with Gasteiger partial charge >= 0.3 is 6.09 Å². The fourth-order valence-corrected chi connectivity index (χ4v) is 2.57. The van der Waals surface area contributed by atoms with Crippen molar-refractivity contribution in [2.45, 2.75) is 71.2 Å². The summed E-state index contributed by atoms with van der Waals surface area (Å²) in [6.45, 7) is 8.78. The largest absolute Gasteiger partial charge is 0.444 e. The van der Waals surface area contributed by atoms with Crippen LogP contribution < -0.4 is 16.0 Å². The van der Waals surface area contributed by atoms with Gasteiger partial charge in [-0.05, 0) is 47.5 Å². The summed E-state index contributed by atoms with van der Waals surface area (Å²) in [5, 5.41) is 7.55. The van der Waals surface area contributed by atoms with Crippen molar-refractivity contribution >= 4 is 23.8 Å². The topological polar surface area (TPSA) is 117 Å². The van der Waals surface area contributed by atoms with Crippen LogP contribution in [0, 0.1) is 0 Å². The third kappa shape index (κ3) is 6.20. The molecule has 0 aliphatic carbocycles. The number of amides is 4. The van der Waals surface area contributed by atoms with Gasteiger partial charge in [0.05, 0.1) is 0 Å². The van der Waals surface area contributed by atoms with Gasteiger partial charge in [-0.15, -0.1) is 0 Å². The van der Waals surface area contributed by atoms with Crippen LogP contribution in [0.3, 0.4) is 0 Å². The molecular formula is C17H30N4O5. The van der Waals surface area contributed by atoms with Gasteiger partial charge in [-0.1, -0.05) is 0 Å². The minimum atomic E-state index is -0.837. The van der Waals surface area contributed by atoms with Crippen LogP contribution in [-0.2, 0) is 19.1 Å². The van der Waals surface area contributed by atoms with Crippen LogP contribution in [0.4, 0.5) is 4.79 Å². The Kier molecular flexibility index (Phi) is 7.41. The molecule has 0 spiro atoms. The summed E-state index contributed by atoms with van der Waals surface area (Å²) in [6, 6.07) is -2.22. The highest BCUT2D eigenvalue weighted by Crippen LogP contribution is 2.21. The van der Waals surface area contributed by atoms with Gasteiger partial charge in [0, 0.05) is 13.6 Å². The molecule has 0 bridgehead atoms. The summed E-state index contributed by atoms with van der Waals surface area (Å²) in [5.41, 5.74) is -0.649. The summed E-state index contributed by atoms with van der Waals surface area (Å²) in [4.78, 5) is 49.7. The molecule has 0 radical (unpaired) electrons. The van der Waals surface area contributed by atoms with E-state index in [-0.39, 0.29) is 5.91 Å². The minimum absolute atomic E-state index is 0.330. The lowest BCUT2D eigenvalue weighted by molar-refractivity contribution is -0.132. The van der Waals surface area contributed by atoms with Crippen molar-refractivity contribution in [3.8, 4) is 0 Å². The monoisotopic (exact) mass is 370 g/mol. The minimum Gasteiger partial charge on any atom is -0.444 e. The Morgan fingerprint density at radius 1 is 1.04 bits per heavy atom. The molecule has 0 aromatic heterocycles. The zero-order chi connectivity index (χ0) is 20.1. The van der Waals surface area contributed by atoms with E-state index in [1.54, 1.807) is 27.7 Å². The van der Waals surface area contributed by atoms with Gasteiger partial charge in [0.25, 0.3) is 0 Å². The van der Waals surface area contributed by atoms with E-state index in [2.05, 4.69) is 16.0 Å². The number of rotatable bonds is 5. The maximum Gasteiger partial charge on any atom is 0.410 e. The summed E-state index contributed by atoms with van der Waals surface area (Å²) in [6.07, 6.45) is 0.653. The van der Waals surface area contributed by atoms with Crippen molar-refractivity contribution in [1.82, 2.24) is 20.9 Å². The van der Waals surface area contributed by atoms with Crippen molar-refractivity contribution < 1.29 is 23.9 Å². The zero-order valence-electron chi connectivity index (χ0n) is 16.3. The lowest BCUT2D eigenvalue weighted by Gasteiger charge is -2.28. The molecule has 148 valence electrons. The maximum atomic E-state index is 12.5. The Labute approximate surface area is 154 Å². The fourth-order valence-electron chi connectivity index (χ4n) is 2.57. The maximum absolute atomic E-state index is 12.5. The van der Waals surface area contributed by atoms with Gasteiger partial charge in [-0.3, -0.25) is 19.3 Å². The Balaban J connectivity index is 2.63. The molecule has 0 saturated carbocycles. The highest BCUT2D eigenvalue weighted by atomic mass is 16.6. The van der Waals surface area contributed by atoms with Crippen LogP contribution >= 0.6 is 0 Å². The molecule has 1 aliphatic heterocycles. The molecule has 9 heteroatoms.